The van der Waals surface area contributed by atoms with Gasteiger partial charge in [-0.1, -0.05) is 60.7 Å². The van der Waals surface area contributed by atoms with Gasteiger partial charge in [-0.15, -0.1) is 0 Å². The third-order valence-electron chi connectivity index (χ3n) is 5.07. The van der Waals surface area contributed by atoms with Gasteiger partial charge in [-0.05, 0) is 12.1 Å². The first kappa shape index (κ1) is 23.2. The van der Waals surface area contributed by atoms with Crippen molar-refractivity contribution in [1.29, 1.82) is 0 Å². The average Bonchev–Trinajstić information content (AvgIpc) is 2.88. The predicted molar refractivity (Wildman–Crippen MR) is 134 cm³/mol. The van der Waals surface area contributed by atoms with E-state index in [4.69, 9.17) is 18.9 Å². The van der Waals surface area contributed by atoms with E-state index in [0.29, 0.717) is 34.3 Å². The Labute approximate surface area is 198 Å². The zero-order valence-corrected chi connectivity index (χ0v) is 20.0. The van der Waals surface area contributed by atoms with Crippen molar-refractivity contribution < 1.29 is 23.5 Å². The summed E-state index contributed by atoms with van der Waals surface area (Å²) in [4.78, 5) is 0. The molecule has 1 N–H and O–H groups in total. The highest BCUT2D eigenvalue weighted by Gasteiger charge is 2.26. The van der Waals surface area contributed by atoms with Crippen LogP contribution in [0, 0.1) is 0 Å². The maximum Gasteiger partial charge on any atom is 0.235 e. The third-order valence-corrected chi connectivity index (χ3v) is 6.73. The summed E-state index contributed by atoms with van der Waals surface area (Å²) in [6.07, 6.45) is 1.55. The molecular formula is C26H25N2O5P. The van der Waals surface area contributed by atoms with Crippen molar-refractivity contribution in [3.05, 3.63) is 101 Å². The lowest BCUT2D eigenvalue weighted by Crippen LogP contribution is -2.06. The van der Waals surface area contributed by atoms with E-state index in [1.165, 1.54) is 0 Å². The Bertz CT molecular complexity index is 1200. The molecule has 3 aromatic carbocycles. The van der Waals surface area contributed by atoms with E-state index >= 15 is 0 Å². The maximum atomic E-state index is 13.8. The quantitative estimate of drug-likeness (QED) is 0.246. The number of hydrogen-bond acceptors (Lipinski definition) is 6. The van der Waals surface area contributed by atoms with Crippen molar-refractivity contribution in [2.75, 3.05) is 21.3 Å². The maximum absolute atomic E-state index is 13.8. The molecule has 0 spiro atoms. The summed E-state index contributed by atoms with van der Waals surface area (Å²) in [6.45, 7) is 0. The molecular weight excluding hydrogens is 451 g/mol. The Kier molecular flexibility index (Phi) is 7.04. The van der Waals surface area contributed by atoms with Gasteiger partial charge >= 0.3 is 0 Å². The van der Waals surface area contributed by atoms with Gasteiger partial charge in [-0.2, -0.15) is 5.10 Å². The number of ether oxygens (including phenoxy) is 4. The fourth-order valence-corrected chi connectivity index (χ4v) is 4.98. The second kappa shape index (κ2) is 10.3. The van der Waals surface area contributed by atoms with E-state index in [1.54, 1.807) is 51.3 Å². The number of rotatable bonds is 8. The summed E-state index contributed by atoms with van der Waals surface area (Å²) in [7, 11) is 1.40. The smallest absolute Gasteiger partial charge is 0.235 e. The van der Waals surface area contributed by atoms with Crippen LogP contribution >= 0.6 is 7.29 Å². The fourth-order valence-electron chi connectivity index (χ4n) is 3.46. The van der Waals surface area contributed by atoms with Crippen LogP contribution in [0.15, 0.2) is 89.5 Å². The number of nitrogens with one attached hydrogen (secondary N) is 1. The molecule has 0 aliphatic carbocycles. The van der Waals surface area contributed by atoms with Crippen LogP contribution in [0.4, 0.5) is 0 Å². The predicted octanol–water partition coefficient (Wildman–Crippen LogP) is 5.94. The average molecular weight is 476 g/mol. The molecule has 0 saturated carbocycles. The number of hydrazone groups is 1. The Hall–Kier alpha value is -3.96. The van der Waals surface area contributed by atoms with Gasteiger partial charge in [0.05, 0.1) is 27.5 Å². The van der Waals surface area contributed by atoms with E-state index in [9.17, 15) is 4.57 Å². The molecule has 174 valence electrons. The van der Waals surface area contributed by atoms with Gasteiger partial charge in [0.1, 0.15) is 11.5 Å². The zero-order valence-electron chi connectivity index (χ0n) is 19.1. The van der Waals surface area contributed by atoms with Crippen LogP contribution in [0.1, 0.15) is 16.7 Å². The summed E-state index contributed by atoms with van der Waals surface area (Å²) in [5.74, 6) is 5.65. The largest absolute Gasteiger partial charge is 0.493 e. The highest BCUT2D eigenvalue weighted by atomic mass is 31.2. The van der Waals surface area contributed by atoms with Gasteiger partial charge in [0.15, 0.2) is 11.5 Å². The highest BCUT2D eigenvalue weighted by molar-refractivity contribution is 7.68. The molecule has 0 saturated heterocycles. The first-order chi connectivity index (χ1) is 16.5. The lowest BCUT2D eigenvalue weighted by molar-refractivity contribution is 0.324. The van der Waals surface area contributed by atoms with Crippen molar-refractivity contribution in [3.8, 4) is 17.2 Å². The molecule has 1 heterocycles. The molecule has 0 aromatic heterocycles. The molecule has 3 aromatic rings. The molecule has 0 amide bonds. The second-order valence-electron chi connectivity index (χ2n) is 7.35. The van der Waals surface area contributed by atoms with Gasteiger partial charge in [0.25, 0.3) is 0 Å². The van der Waals surface area contributed by atoms with E-state index in [-0.39, 0.29) is 0 Å². The van der Waals surface area contributed by atoms with Gasteiger partial charge in [0, 0.05) is 28.3 Å². The highest BCUT2D eigenvalue weighted by Crippen LogP contribution is 2.53. The van der Waals surface area contributed by atoms with Crippen LogP contribution in [0.3, 0.4) is 0 Å². The SMILES string of the molecule is COc1cc(/C=N\NP2(=O)C=C(c3ccccc3)OC(c3ccccc3)=C2)cc(OC)c1OC. The number of nitrogens with zero attached hydrogens (tertiary/aromatic N) is 1. The Morgan fingerprint density at radius 3 is 1.74 bits per heavy atom. The molecule has 0 atom stereocenters. The third kappa shape index (κ3) is 5.16. The lowest BCUT2D eigenvalue weighted by atomic mass is 10.2. The van der Waals surface area contributed by atoms with E-state index in [2.05, 4.69) is 10.3 Å². The van der Waals surface area contributed by atoms with Crippen LogP contribution < -0.4 is 19.4 Å². The fraction of sp³-hybridized carbons (Fsp3) is 0.115. The first-order valence-corrected chi connectivity index (χ1v) is 12.3. The molecule has 34 heavy (non-hydrogen) atoms. The minimum atomic E-state index is -3.23. The Morgan fingerprint density at radius 1 is 0.794 bits per heavy atom. The molecule has 7 nitrogen and oxygen atoms in total. The minimum Gasteiger partial charge on any atom is -0.493 e. The normalized spacial score (nSPS) is 14.6. The van der Waals surface area contributed by atoms with E-state index < -0.39 is 7.29 Å². The van der Waals surface area contributed by atoms with Crippen LogP contribution in [0.2, 0.25) is 0 Å². The first-order valence-electron chi connectivity index (χ1n) is 10.5. The molecule has 8 heteroatoms. The van der Waals surface area contributed by atoms with E-state index in [1.807, 2.05) is 60.7 Å². The van der Waals surface area contributed by atoms with Crippen LogP contribution in [0.25, 0.3) is 11.5 Å². The number of methoxy groups -OCH3 is 3. The van der Waals surface area contributed by atoms with Gasteiger partial charge < -0.3 is 18.9 Å². The molecule has 1 aliphatic rings. The molecule has 0 unspecified atom stereocenters. The molecule has 1 aliphatic heterocycles. The topological polar surface area (TPSA) is 78.4 Å². The summed E-state index contributed by atoms with van der Waals surface area (Å²) >= 11 is 0. The summed E-state index contributed by atoms with van der Waals surface area (Å²) in [5, 5.41) is 7.09. The molecule has 0 bridgehead atoms. The van der Waals surface area contributed by atoms with Crippen molar-refractivity contribution in [2.45, 2.75) is 0 Å². The summed E-state index contributed by atoms with van der Waals surface area (Å²) < 4.78 is 36.0. The second-order valence-corrected chi connectivity index (χ2v) is 9.48. The molecule has 0 fully saturated rings. The van der Waals surface area contributed by atoms with Crippen LogP contribution in [-0.4, -0.2) is 27.5 Å². The van der Waals surface area contributed by atoms with Crippen molar-refractivity contribution in [3.63, 3.8) is 0 Å². The lowest BCUT2D eigenvalue weighted by Gasteiger charge is -2.22. The number of hydrogen-bond donors (Lipinski definition) is 1. The van der Waals surface area contributed by atoms with Crippen molar-refractivity contribution in [1.82, 2.24) is 5.20 Å². The van der Waals surface area contributed by atoms with Crippen molar-refractivity contribution in [2.24, 2.45) is 5.10 Å². The van der Waals surface area contributed by atoms with Crippen LogP contribution in [0.5, 0.6) is 17.2 Å². The van der Waals surface area contributed by atoms with E-state index in [0.717, 1.165) is 11.1 Å². The van der Waals surface area contributed by atoms with Gasteiger partial charge in [-0.3, -0.25) is 9.76 Å². The van der Waals surface area contributed by atoms with Crippen LogP contribution in [-0.2, 0) is 9.30 Å². The standard InChI is InChI=1S/C26H25N2O5P/c1-30-22-14-19(15-23(31-2)26(22)32-3)16-27-28-34(29)17-24(20-10-6-4-7-11-20)33-25(18-34)21-12-8-5-9-13-21/h4-18H,1-3H3,(H,28,29)/b27-16-. The Balaban J connectivity index is 1.66. The summed E-state index contributed by atoms with van der Waals surface area (Å²) in [6, 6.07) is 22.6. The van der Waals surface area contributed by atoms with Gasteiger partial charge in [0.2, 0.25) is 13.0 Å². The van der Waals surface area contributed by atoms with Crippen molar-refractivity contribution >= 4 is 25.0 Å². The summed E-state index contributed by atoms with van der Waals surface area (Å²) in [5.41, 5.74) is 2.32. The minimum absolute atomic E-state index is 0.484. The van der Waals surface area contributed by atoms with Gasteiger partial charge in [-0.25, -0.2) is 0 Å². The zero-order chi connectivity index (χ0) is 24.0. The monoisotopic (exact) mass is 476 g/mol. The number of benzene rings is 3. The molecule has 0 radical (unpaired) electrons. The molecule has 4 rings (SSSR count). The Morgan fingerprint density at radius 2 is 1.29 bits per heavy atom.